The maximum absolute atomic E-state index is 12.5. The van der Waals surface area contributed by atoms with Crippen LogP contribution in [0.3, 0.4) is 0 Å². The second-order valence-corrected chi connectivity index (χ2v) is 6.81. The predicted octanol–water partition coefficient (Wildman–Crippen LogP) is -0.00710. The molecule has 112 valence electrons. The van der Waals surface area contributed by atoms with Crippen LogP contribution in [0.2, 0.25) is 0 Å². The van der Waals surface area contributed by atoms with Crippen molar-refractivity contribution in [3.8, 4) is 0 Å². The first-order chi connectivity index (χ1) is 8.73. The van der Waals surface area contributed by atoms with Gasteiger partial charge in [0, 0.05) is 19.6 Å². The zero-order chi connectivity index (χ0) is 14.8. The number of nitrogens with zero attached hydrogens (tertiary/aromatic N) is 2. The molecule has 1 saturated heterocycles. The maximum atomic E-state index is 12.5. The molecule has 0 aromatic carbocycles. The first kappa shape index (κ1) is 16.4. The lowest BCUT2D eigenvalue weighted by Crippen LogP contribution is -2.52. The quantitative estimate of drug-likeness (QED) is 0.744. The van der Waals surface area contributed by atoms with E-state index in [-0.39, 0.29) is 25.8 Å². The molecule has 1 fully saturated rings. The van der Waals surface area contributed by atoms with Crippen LogP contribution >= 0.6 is 0 Å². The van der Waals surface area contributed by atoms with Crippen LogP contribution in [-0.4, -0.2) is 67.0 Å². The molecular weight excluding hydrogens is 272 g/mol. The Kier molecular flexibility index (Phi) is 5.31. The van der Waals surface area contributed by atoms with Gasteiger partial charge in [0.2, 0.25) is 0 Å². The zero-order valence-electron chi connectivity index (χ0n) is 11.7. The second kappa shape index (κ2) is 6.17. The highest BCUT2D eigenvalue weighted by Crippen LogP contribution is 2.24. The lowest BCUT2D eigenvalue weighted by atomic mass is 10.0. The second-order valence-electron chi connectivity index (χ2n) is 4.87. The van der Waals surface area contributed by atoms with Gasteiger partial charge in [-0.1, -0.05) is 6.92 Å². The van der Waals surface area contributed by atoms with Crippen LogP contribution in [-0.2, 0) is 19.7 Å². The van der Waals surface area contributed by atoms with Crippen molar-refractivity contribution in [2.24, 2.45) is 5.92 Å². The molecule has 7 nitrogen and oxygen atoms in total. The fraction of sp³-hybridized carbons (Fsp3) is 0.909. The highest BCUT2D eigenvalue weighted by atomic mass is 32.2. The molecule has 1 N–H and O–H groups in total. The molecular formula is C11H22N2O5S. The van der Waals surface area contributed by atoms with Crippen molar-refractivity contribution in [1.82, 2.24) is 8.61 Å². The SMILES string of the molecule is CCN(C1COCC1C(=O)O)S(=O)(=O)N(C)C(C)C. The van der Waals surface area contributed by atoms with E-state index in [4.69, 9.17) is 9.84 Å². The Hall–Kier alpha value is -0.700. The number of hydrogen-bond donors (Lipinski definition) is 1. The van der Waals surface area contributed by atoms with Gasteiger partial charge in [0.15, 0.2) is 0 Å². The molecule has 0 amide bonds. The van der Waals surface area contributed by atoms with E-state index in [0.717, 1.165) is 0 Å². The van der Waals surface area contributed by atoms with Crippen LogP contribution in [0.15, 0.2) is 0 Å². The minimum atomic E-state index is -3.68. The monoisotopic (exact) mass is 294 g/mol. The molecule has 1 aliphatic heterocycles. The number of carboxylic acids is 1. The van der Waals surface area contributed by atoms with E-state index >= 15 is 0 Å². The molecule has 1 rings (SSSR count). The number of hydrogen-bond acceptors (Lipinski definition) is 4. The molecule has 0 saturated carbocycles. The summed E-state index contributed by atoms with van der Waals surface area (Å²) in [7, 11) is -2.18. The fourth-order valence-electron chi connectivity index (χ4n) is 2.06. The van der Waals surface area contributed by atoms with E-state index in [0.29, 0.717) is 0 Å². The summed E-state index contributed by atoms with van der Waals surface area (Å²) in [5.41, 5.74) is 0. The van der Waals surface area contributed by atoms with Gasteiger partial charge in [-0.15, -0.1) is 0 Å². The Balaban J connectivity index is 3.03. The molecule has 19 heavy (non-hydrogen) atoms. The highest BCUT2D eigenvalue weighted by Gasteiger charge is 2.43. The minimum Gasteiger partial charge on any atom is -0.481 e. The van der Waals surface area contributed by atoms with Crippen LogP contribution in [0.25, 0.3) is 0 Å². The van der Waals surface area contributed by atoms with E-state index in [1.54, 1.807) is 20.8 Å². The highest BCUT2D eigenvalue weighted by molar-refractivity contribution is 7.86. The lowest BCUT2D eigenvalue weighted by Gasteiger charge is -2.33. The van der Waals surface area contributed by atoms with Crippen LogP contribution in [0.5, 0.6) is 0 Å². The summed E-state index contributed by atoms with van der Waals surface area (Å²) in [4.78, 5) is 11.1. The largest absolute Gasteiger partial charge is 0.481 e. The van der Waals surface area contributed by atoms with Crippen molar-refractivity contribution in [3.63, 3.8) is 0 Å². The van der Waals surface area contributed by atoms with Crippen LogP contribution in [0.4, 0.5) is 0 Å². The first-order valence-electron chi connectivity index (χ1n) is 6.28. The van der Waals surface area contributed by atoms with Crippen molar-refractivity contribution < 1.29 is 23.1 Å². The lowest BCUT2D eigenvalue weighted by molar-refractivity contribution is -0.142. The van der Waals surface area contributed by atoms with Gasteiger partial charge in [-0.2, -0.15) is 17.0 Å². The van der Waals surface area contributed by atoms with Gasteiger partial charge >= 0.3 is 5.97 Å². The topological polar surface area (TPSA) is 87.1 Å². The number of carboxylic acid groups (broad SMARTS) is 1. The van der Waals surface area contributed by atoms with Gasteiger partial charge in [-0.25, -0.2) is 0 Å². The van der Waals surface area contributed by atoms with E-state index in [2.05, 4.69) is 0 Å². The smallest absolute Gasteiger partial charge is 0.310 e. The van der Waals surface area contributed by atoms with E-state index < -0.39 is 28.1 Å². The van der Waals surface area contributed by atoms with E-state index in [1.165, 1.54) is 15.7 Å². The third-order valence-electron chi connectivity index (χ3n) is 3.44. The number of rotatable bonds is 6. The Morgan fingerprint density at radius 2 is 2.00 bits per heavy atom. The van der Waals surface area contributed by atoms with Gasteiger partial charge in [-0.05, 0) is 13.8 Å². The number of aliphatic carboxylic acids is 1. The molecule has 0 bridgehead atoms. The summed E-state index contributed by atoms with van der Waals surface area (Å²) in [6, 6.07) is -0.835. The van der Waals surface area contributed by atoms with E-state index in [9.17, 15) is 13.2 Å². The van der Waals surface area contributed by atoms with Crippen molar-refractivity contribution in [2.45, 2.75) is 32.9 Å². The molecule has 1 heterocycles. The van der Waals surface area contributed by atoms with Crippen molar-refractivity contribution >= 4 is 16.2 Å². The number of likely N-dealkylation sites (N-methyl/N-ethyl adjacent to an activating group) is 1. The Bertz CT molecular complexity index is 423. The van der Waals surface area contributed by atoms with Gasteiger partial charge in [-0.3, -0.25) is 4.79 Å². The summed E-state index contributed by atoms with van der Waals surface area (Å²) in [6.45, 7) is 5.63. The van der Waals surface area contributed by atoms with Crippen molar-refractivity contribution in [2.75, 3.05) is 26.8 Å². The zero-order valence-corrected chi connectivity index (χ0v) is 12.6. The van der Waals surface area contributed by atoms with Gasteiger partial charge in [0.25, 0.3) is 10.2 Å². The van der Waals surface area contributed by atoms with Crippen molar-refractivity contribution in [3.05, 3.63) is 0 Å². The van der Waals surface area contributed by atoms with Crippen LogP contribution in [0, 0.1) is 5.92 Å². The molecule has 0 spiro atoms. The Labute approximate surface area is 114 Å². The summed E-state index contributed by atoms with van der Waals surface area (Å²) in [6.07, 6.45) is 0. The third-order valence-corrected chi connectivity index (χ3v) is 5.71. The molecule has 0 aliphatic carbocycles. The molecule has 2 unspecified atom stereocenters. The summed E-state index contributed by atoms with van der Waals surface area (Å²) in [5.74, 6) is -1.83. The average molecular weight is 294 g/mol. The number of carbonyl (C=O) groups is 1. The predicted molar refractivity (Wildman–Crippen MR) is 69.9 cm³/mol. The Morgan fingerprint density at radius 1 is 1.42 bits per heavy atom. The molecule has 0 aromatic rings. The number of ether oxygens (including phenoxy) is 1. The summed E-state index contributed by atoms with van der Waals surface area (Å²) < 4.78 is 32.5. The maximum Gasteiger partial charge on any atom is 0.310 e. The molecule has 8 heteroatoms. The van der Waals surface area contributed by atoms with Crippen LogP contribution < -0.4 is 0 Å². The Morgan fingerprint density at radius 3 is 2.42 bits per heavy atom. The summed E-state index contributed by atoms with van der Waals surface area (Å²) in [5, 5.41) is 9.13. The van der Waals surface area contributed by atoms with Crippen molar-refractivity contribution in [1.29, 1.82) is 0 Å². The normalized spacial score (nSPS) is 24.6. The average Bonchev–Trinajstić information content (AvgIpc) is 2.77. The van der Waals surface area contributed by atoms with Gasteiger partial charge < -0.3 is 9.84 Å². The molecule has 1 aliphatic rings. The van der Waals surface area contributed by atoms with E-state index in [1.807, 2.05) is 0 Å². The fourth-order valence-corrected chi connectivity index (χ4v) is 3.80. The molecule has 0 radical (unpaired) electrons. The first-order valence-corrected chi connectivity index (χ1v) is 7.68. The standard InChI is InChI=1S/C11H22N2O5S/c1-5-13(19(16,17)12(4)8(2)3)10-7-18-6-9(10)11(14)15/h8-10H,5-7H2,1-4H3,(H,14,15). The molecule has 2 atom stereocenters. The third kappa shape index (κ3) is 3.25. The van der Waals surface area contributed by atoms with Gasteiger partial charge in [0.05, 0.1) is 25.2 Å². The van der Waals surface area contributed by atoms with Crippen LogP contribution in [0.1, 0.15) is 20.8 Å². The summed E-state index contributed by atoms with van der Waals surface area (Å²) >= 11 is 0. The molecule has 0 aromatic heterocycles. The minimum absolute atomic E-state index is 0.0530. The van der Waals surface area contributed by atoms with Gasteiger partial charge in [0.1, 0.15) is 0 Å².